The lowest BCUT2D eigenvalue weighted by Gasteiger charge is -2.66. The highest BCUT2D eigenvalue weighted by molar-refractivity contribution is 5.37. The lowest BCUT2D eigenvalue weighted by Crippen LogP contribution is -2.69. The fourth-order valence-electron chi connectivity index (χ4n) is 7.56. The van der Waals surface area contributed by atoms with Gasteiger partial charge in [0.25, 0.3) is 0 Å². The zero-order chi connectivity index (χ0) is 16.9. The summed E-state index contributed by atoms with van der Waals surface area (Å²) < 4.78 is 0. The summed E-state index contributed by atoms with van der Waals surface area (Å²) >= 11 is 0. The van der Waals surface area contributed by atoms with E-state index in [0.717, 1.165) is 24.2 Å². The van der Waals surface area contributed by atoms with Crippen molar-refractivity contribution in [3.8, 4) is 0 Å². The van der Waals surface area contributed by atoms with Crippen LogP contribution in [0.15, 0.2) is 11.1 Å². The van der Waals surface area contributed by atoms with E-state index in [-0.39, 0.29) is 0 Å². The van der Waals surface area contributed by atoms with Gasteiger partial charge in [-0.15, -0.1) is 0 Å². The van der Waals surface area contributed by atoms with Crippen LogP contribution >= 0.6 is 0 Å². The number of nitrogens with one attached hydrogen (secondary N) is 1. The van der Waals surface area contributed by atoms with Gasteiger partial charge >= 0.3 is 0 Å². The second kappa shape index (κ2) is 6.13. The maximum atomic E-state index is 9.69. The van der Waals surface area contributed by atoms with E-state index in [1.807, 2.05) is 11.1 Å². The van der Waals surface area contributed by atoms with E-state index >= 15 is 0 Å². The Kier molecular flexibility index (Phi) is 4.36. The third-order valence-electron chi connectivity index (χ3n) is 8.71. The molecule has 4 rings (SSSR count). The number of aliphatic hydroxyl groups excluding tert-OH is 1. The first kappa shape index (κ1) is 17.1. The van der Waals surface area contributed by atoms with Crippen molar-refractivity contribution in [3.63, 3.8) is 0 Å². The highest BCUT2D eigenvalue weighted by Crippen LogP contribution is 2.68. The summed E-state index contributed by atoms with van der Waals surface area (Å²) in [5.41, 5.74) is 4.47. The molecule has 2 heteroatoms. The van der Waals surface area contributed by atoms with E-state index in [2.05, 4.69) is 26.1 Å². The van der Waals surface area contributed by atoms with Gasteiger partial charge in [-0.05, 0) is 87.5 Å². The Bertz CT molecular complexity index is 524. The first-order valence-corrected chi connectivity index (χ1v) is 10.6. The quantitative estimate of drug-likeness (QED) is 0.733. The summed E-state index contributed by atoms with van der Waals surface area (Å²) in [6.07, 6.45) is 11.8. The second-order valence-corrected chi connectivity index (χ2v) is 9.72. The van der Waals surface area contributed by atoms with Gasteiger partial charge < -0.3 is 10.4 Å². The molecule has 0 spiro atoms. The maximum absolute atomic E-state index is 9.69. The van der Waals surface area contributed by atoms with Crippen molar-refractivity contribution in [1.82, 2.24) is 5.32 Å². The third-order valence-corrected chi connectivity index (χ3v) is 8.71. The lowest BCUT2D eigenvalue weighted by molar-refractivity contribution is -0.118. The number of allylic oxidation sites excluding steroid dienone is 1. The fraction of sp³-hybridized carbons (Fsp3) is 0.909. The smallest absolute Gasteiger partial charge is 0.0431 e. The predicted molar refractivity (Wildman–Crippen MR) is 99.8 cm³/mol. The zero-order valence-corrected chi connectivity index (χ0v) is 16.0. The van der Waals surface area contributed by atoms with Crippen LogP contribution in [0.2, 0.25) is 0 Å². The van der Waals surface area contributed by atoms with E-state index in [0.29, 0.717) is 23.5 Å². The molecule has 0 amide bonds. The second-order valence-electron chi connectivity index (χ2n) is 9.72. The molecule has 3 aliphatic carbocycles. The van der Waals surface area contributed by atoms with Gasteiger partial charge in [0.15, 0.2) is 0 Å². The Morgan fingerprint density at radius 1 is 1.21 bits per heavy atom. The summed E-state index contributed by atoms with van der Waals surface area (Å²) in [6, 6.07) is 0.639. The lowest BCUT2D eigenvalue weighted by atomic mass is 9.42. The number of hydrogen-bond acceptors (Lipinski definition) is 2. The van der Waals surface area contributed by atoms with E-state index in [1.165, 1.54) is 57.9 Å². The summed E-state index contributed by atoms with van der Waals surface area (Å²) in [5, 5.41) is 13.8. The Morgan fingerprint density at radius 2 is 2.04 bits per heavy atom. The molecule has 0 aromatic carbocycles. The molecule has 5 atom stereocenters. The first-order chi connectivity index (χ1) is 11.5. The van der Waals surface area contributed by atoms with Crippen LogP contribution in [0.3, 0.4) is 0 Å². The Balaban J connectivity index is 1.88. The summed E-state index contributed by atoms with van der Waals surface area (Å²) in [4.78, 5) is 0. The number of hydrogen-bond donors (Lipinski definition) is 2. The van der Waals surface area contributed by atoms with Crippen molar-refractivity contribution in [2.24, 2.45) is 28.6 Å². The van der Waals surface area contributed by atoms with E-state index in [9.17, 15) is 5.11 Å². The number of piperidine rings is 1. The molecule has 4 aliphatic rings. The standard InChI is InChI=1S/C22H37NO/c1-15(2)18-10-12-21(3)17-9-8-16-6-4-7-19(16)22(21,11-5-13-24)20(18)23-14-17/h15,17-18,20,23-24H,4-14H2,1-3H3. The van der Waals surface area contributed by atoms with Gasteiger partial charge in [-0.25, -0.2) is 0 Å². The van der Waals surface area contributed by atoms with E-state index in [1.54, 1.807) is 0 Å². The molecule has 136 valence electrons. The number of aliphatic hydroxyl groups is 1. The summed E-state index contributed by atoms with van der Waals surface area (Å²) in [5.74, 6) is 2.37. The molecular weight excluding hydrogens is 294 g/mol. The Morgan fingerprint density at radius 3 is 2.79 bits per heavy atom. The largest absolute Gasteiger partial charge is 0.396 e. The molecule has 1 saturated heterocycles. The fourth-order valence-corrected chi connectivity index (χ4v) is 7.56. The molecule has 2 N–H and O–H groups in total. The molecule has 0 aromatic heterocycles. The Labute approximate surface area is 148 Å². The maximum Gasteiger partial charge on any atom is 0.0431 e. The molecule has 2 nitrogen and oxygen atoms in total. The van der Waals surface area contributed by atoms with Crippen LogP contribution in [0.1, 0.15) is 78.6 Å². The third kappa shape index (κ3) is 2.14. The van der Waals surface area contributed by atoms with Crippen molar-refractivity contribution in [1.29, 1.82) is 0 Å². The van der Waals surface area contributed by atoms with Crippen molar-refractivity contribution in [2.45, 2.75) is 84.6 Å². The topological polar surface area (TPSA) is 32.3 Å². The molecule has 4 bridgehead atoms. The van der Waals surface area contributed by atoms with E-state index in [4.69, 9.17) is 0 Å². The Hall–Kier alpha value is -0.340. The average molecular weight is 332 g/mol. The van der Waals surface area contributed by atoms with Gasteiger partial charge in [-0.3, -0.25) is 0 Å². The van der Waals surface area contributed by atoms with E-state index < -0.39 is 0 Å². The minimum absolute atomic E-state index is 0.328. The van der Waals surface area contributed by atoms with Gasteiger partial charge in [0.1, 0.15) is 0 Å². The van der Waals surface area contributed by atoms with Gasteiger partial charge in [-0.2, -0.15) is 0 Å². The molecule has 1 heterocycles. The highest BCUT2D eigenvalue weighted by atomic mass is 16.2. The van der Waals surface area contributed by atoms with Gasteiger partial charge in [0, 0.05) is 18.1 Å². The van der Waals surface area contributed by atoms with Crippen LogP contribution in [0, 0.1) is 28.6 Å². The predicted octanol–water partition coefficient (Wildman–Crippen LogP) is 4.68. The molecule has 24 heavy (non-hydrogen) atoms. The molecule has 5 unspecified atom stereocenters. The van der Waals surface area contributed by atoms with Crippen molar-refractivity contribution < 1.29 is 5.11 Å². The molecular formula is C22H37NO. The molecule has 1 saturated carbocycles. The SMILES string of the molecule is CC(C)C1CCC2(C)C3CCC4=C(CCC4)C2(CCCO)C1NC3. The van der Waals surface area contributed by atoms with Crippen LogP contribution in [0.25, 0.3) is 0 Å². The minimum atomic E-state index is 0.328. The average Bonchev–Trinajstić information content (AvgIpc) is 2.99. The zero-order valence-electron chi connectivity index (χ0n) is 16.0. The first-order valence-electron chi connectivity index (χ1n) is 10.6. The van der Waals surface area contributed by atoms with Crippen LogP contribution < -0.4 is 5.32 Å². The van der Waals surface area contributed by atoms with Gasteiger partial charge in [0.05, 0.1) is 0 Å². The monoisotopic (exact) mass is 331 g/mol. The van der Waals surface area contributed by atoms with Crippen molar-refractivity contribution in [3.05, 3.63) is 11.1 Å². The van der Waals surface area contributed by atoms with Crippen molar-refractivity contribution >= 4 is 0 Å². The van der Waals surface area contributed by atoms with Gasteiger partial charge in [-0.1, -0.05) is 31.9 Å². The van der Waals surface area contributed by atoms with Crippen LogP contribution in [-0.4, -0.2) is 24.3 Å². The molecule has 0 aromatic rings. The van der Waals surface area contributed by atoms with Crippen molar-refractivity contribution in [2.75, 3.05) is 13.2 Å². The number of rotatable bonds is 4. The highest BCUT2D eigenvalue weighted by Gasteiger charge is 2.65. The van der Waals surface area contributed by atoms with Crippen LogP contribution in [0.5, 0.6) is 0 Å². The minimum Gasteiger partial charge on any atom is -0.396 e. The molecule has 0 radical (unpaired) electrons. The molecule has 1 aliphatic heterocycles. The van der Waals surface area contributed by atoms with Crippen LogP contribution in [0.4, 0.5) is 0 Å². The normalized spacial score (nSPS) is 44.6. The van der Waals surface area contributed by atoms with Crippen LogP contribution in [-0.2, 0) is 0 Å². The molecule has 2 fully saturated rings. The summed E-state index contributed by atoms with van der Waals surface area (Å²) in [7, 11) is 0. The van der Waals surface area contributed by atoms with Gasteiger partial charge in [0.2, 0.25) is 0 Å². The summed E-state index contributed by atoms with van der Waals surface area (Å²) in [6.45, 7) is 9.09.